The molecule has 2 rings (SSSR count). The number of hydrogen-bond donors (Lipinski definition) is 1. The van der Waals surface area contributed by atoms with Gasteiger partial charge in [-0.15, -0.1) is 0 Å². The topological polar surface area (TPSA) is 41.6 Å². The van der Waals surface area contributed by atoms with E-state index in [9.17, 15) is 4.79 Å². The van der Waals surface area contributed by atoms with Crippen LogP contribution in [-0.4, -0.2) is 44.0 Å². The number of morpholine rings is 1. The Bertz CT molecular complexity index is 626. The van der Waals surface area contributed by atoms with E-state index in [4.69, 9.17) is 4.74 Å². The molecule has 0 radical (unpaired) electrons. The second-order valence-electron chi connectivity index (χ2n) is 5.33. The van der Waals surface area contributed by atoms with E-state index in [-0.39, 0.29) is 0 Å². The molecule has 1 saturated heterocycles. The number of allylic oxidation sites excluding steroid dienone is 5. The molecule has 1 N–H and O–H groups in total. The van der Waals surface area contributed by atoms with Gasteiger partial charge >= 0.3 is 0 Å². The molecule has 1 aliphatic rings. The van der Waals surface area contributed by atoms with E-state index >= 15 is 0 Å². The third kappa shape index (κ3) is 5.56. The van der Waals surface area contributed by atoms with E-state index < -0.39 is 0 Å². The predicted octanol–water partition coefficient (Wildman–Crippen LogP) is 3.27. The van der Waals surface area contributed by atoms with Crippen LogP contribution in [0.3, 0.4) is 0 Å². The molecule has 24 heavy (non-hydrogen) atoms. The highest BCUT2D eigenvalue weighted by Crippen LogP contribution is 2.23. The van der Waals surface area contributed by atoms with Gasteiger partial charge in [0.1, 0.15) is 0 Å². The molecule has 0 amide bonds. The van der Waals surface area contributed by atoms with Crippen molar-refractivity contribution in [1.82, 2.24) is 4.90 Å². The summed E-state index contributed by atoms with van der Waals surface area (Å²) in [6.07, 6.45) is 12.4. The van der Waals surface area contributed by atoms with Gasteiger partial charge in [0.2, 0.25) is 0 Å². The van der Waals surface area contributed by atoms with Crippen molar-refractivity contribution in [2.75, 3.05) is 38.2 Å². The lowest BCUT2D eigenvalue weighted by Gasteiger charge is -2.26. The van der Waals surface area contributed by atoms with Gasteiger partial charge in [-0.05, 0) is 6.07 Å². The number of carbonyl (C=O) groups excluding carboxylic acids is 1. The van der Waals surface area contributed by atoms with Crippen molar-refractivity contribution in [3.05, 3.63) is 73.0 Å². The summed E-state index contributed by atoms with van der Waals surface area (Å²) in [6, 6.07) is 7.86. The minimum absolute atomic E-state index is 0.676. The zero-order valence-corrected chi connectivity index (χ0v) is 13.9. The molecule has 0 atom stereocenters. The van der Waals surface area contributed by atoms with Crippen LogP contribution in [-0.2, 0) is 9.53 Å². The molecular weight excluding hydrogens is 300 g/mol. The van der Waals surface area contributed by atoms with Crippen LogP contribution in [0.2, 0.25) is 0 Å². The summed E-state index contributed by atoms with van der Waals surface area (Å²) in [5.41, 5.74) is 2.53. The SMILES string of the molecule is C=C/C=C\C=C/CNc1ccccc1/C(C=O)=C/N1CCOCC1. The maximum absolute atomic E-state index is 11.6. The largest absolute Gasteiger partial charge is 0.381 e. The summed E-state index contributed by atoms with van der Waals surface area (Å²) in [5, 5.41) is 3.35. The van der Waals surface area contributed by atoms with E-state index in [2.05, 4.69) is 16.8 Å². The van der Waals surface area contributed by atoms with Crippen LogP contribution >= 0.6 is 0 Å². The minimum atomic E-state index is 0.676. The maximum Gasteiger partial charge on any atom is 0.152 e. The van der Waals surface area contributed by atoms with Gasteiger partial charge in [-0.1, -0.05) is 55.2 Å². The zero-order valence-electron chi connectivity index (χ0n) is 13.9. The summed E-state index contributed by atoms with van der Waals surface area (Å²) in [4.78, 5) is 13.7. The molecule has 1 fully saturated rings. The molecule has 1 aromatic carbocycles. The average Bonchev–Trinajstić information content (AvgIpc) is 2.64. The Morgan fingerprint density at radius 2 is 2.00 bits per heavy atom. The Morgan fingerprint density at radius 1 is 1.21 bits per heavy atom. The van der Waals surface area contributed by atoms with Gasteiger partial charge in [-0.2, -0.15) is 0 Å². The Labute approximate surface area is 143 Å². The fraction of sp³-hybridized carbons (Fsp3) is 0.250. The molecular formula is C20H24N2O2. The fourth-order valence-corrected chi connectivity index (χ4v) is 2.41. The number of carbonyl (C=O) groups is 1. The van der Waals surface area contributed by atoms with Crippen molar-refractivity contribution >= 4 is 17.5 Å². The number of para-hydroxylation sites is 1. The van der Waals surface area contributed by atoms with Gasteiger partial charge in [0.05, 0.1) is 13.2 Å². The summed E-state index contributed by atoms with van der Waals surface area (Å²) in [5.74, 6) is 0. The highest BCUT2D eigenvalue weighted by molar-refractivity contribution is 6.09. The normalized spacial score (nSPS) is 15.8. The van der Waals surface area contributed by atoms with E-state index in [0.717, 1.165) is 30.6 Å². The second kappa shape index (κ2) is 10.2. The lowest BCUT2D eigenvalue weighted by molar-refractivity contribution is -0.103. The first-order valence-corrected chi connectivity index (χ1v) is 8.11. The van der Waals surface area contributed by atoms with Gasteiger partial charge in [0.25, 0.3) is 0 Å². The van der Waals surface area contributed by atoms with Crippen molar-refractivity contribution < 1.29 is 9.53 Å². The Morgan fingerprint density at radius 3 is 2.75 bits per heavy atom. The average molecular weight is 324 g/mol. The predicted molar refractivity (Wildman–Crippen MR) is 99.8 cm³/mol. The van der Waals surface area contributed by atoms with Crippen molar-refractivity contribution in [2.45, 2.75) is 0 Å². The van der Waals surface area contributed by atoms with Crippen molar-refractivity contribution in [1.29, 1.82) is 0 Å². The number of aldehydes is 1. The number of nitrogens with one attached hydrogen (secondary N) is 1. The van der Waals surface area contributed by atoms with Crippen LogP contribution in [0.5, 0.6) is 0 Å². The van der Waals surface area contributed by atoms with E-state index in [0.29, 0.717) is 25.3 Å². The zero-order chi connectivity index (χ0) is 17.0. The third-order valence-electron chi connectivity index (χ3n) is 3.64. The highest BCUT2D eigenvalue weighted by Gasteiger charge is 2.11. The molecule has 1 heterocycles. The third-order valence-corrected chi connectivity index (χ3v) is 3.64. The number of rotatable bonds is 8. The lowest BCUT2D eigenvalue weighted by Crippen LogP contribution is -2.32. The van der Waals surface area contributed by atoms with Crippen LogP contribution < -0.4 is 5.32 Å². The Hall–Kier alpha value is -2.59. The monoisotopic (exact) mass is 324 g/mol. The molecule has 0 saturated carbocycles. The van der Waals surface area contributed by atoms with Crippen LogP contribution in [0.25, 0.3) is 5.57 Å². The number of hydrogen-bond acceptors (Lipinski definition) is 4. The minimum Gasteiger partial charge on any atom is -0.381 e. The van der Waals surface area contributed by atoms with Crippen molar-refractivity contribution in [3.8, 4) is 0 Å². The molecule has 4 nitrogen and oxygen atoms in total. The molecule has 0 aliphatic carbocycles. The number of anilines is 1. The van der Waals surface area contributed by atoms with Crippen LogP contribution in [0.4, 0.5) is 5.69 Å². The van der Waals surface area contributed by atoms with Gasteiger partial charge in [-0.25, -0.2) is 0 Å². The molecule has 0 bridgehead atoms. The Balaban J connectivity index is 2.09. The van der Waals surface area contributed by atoms with Crippen molar-refractivity contribution in [3.63, 3.8) is 0 Å². The number of ether oxygens (including phenoxy) is 1. The first kappa shape index (κ1) is 17.8. The quantitative estimate of drug-likeness (QED) is 0.453. The molecule has 1 aromatic rings. The smallest absolute Gasteiger partial charge is 0.152 e. The molecule has 4 heteroatoms. The maximum atomic E-state index is 11.6. The van der Waals surface area contributed by atoms with Gasteiger partial charge in [0.15, 0.2) is 6.29 Å². The standard InChI is InChI=1S/C20H24N2O2/c1-2-3-4-5-8-11-21-20-10-7-6-9-19(20)18(17-23)16-22-12-14-24-15-13-22/h2-10,16-17,21H,1,11-15H2/b4-3-,8-5-,18-16+. The Kier molecular flexibility index (Phi) is 7.57. The second-order valence-corrected chi connectivity index (χ2v) is 5.33. The summed E-state index contributed by atoms with van der Waals surface area (Å²) >= 11 is 0. The van der Waals surface area contributed by atoms with Gasteiger partial charge in [0, 0.05) is 42.7 Å². The summed E-state index contributed by atoms with van der Waals surface area (Å²) in [6.45, 7) is 7.33. The first-order valence-electron chi connectivity index (χ1n) is 8.11. The molecule has 126 valence electrons. The molecule has 1 aliphatic heterocycles. The highest BCUT2D eigenvalue weighted by atomic mass is 16.5. The summed E-state index contributed by atoms with van der Waals surface area (Å²) in [7, 11) is 0. The lowest BCUT2D eigenvalue weighted by atomic mass is 10.1. The van der Waals surface area contributed by atoms with E-state index in [1.165, 1.54) is 0 Å². The molecule has 0 unspecified atom stereocenters. The van der Waals surface area contributed by atoms with Gasteiger partial charge in [-0.3, -0.25) is 4.79 Å². The van der Waals surface area contributed by atoms with E-state index in [1.807, 2.05) is 54.8 Å². The number of nitrogens with zero attached hydrogens (tertiary/aromatic N) is 1. The molecule has 0 spiro atoms. The number of benzene rings is 1. The van der Waals surface area contributed by atoms with Gasteiger partial charge < -0.3 is 15.0 Å². The fourth-order valence-electron chi connectivity index (χ4n) is 2.41. The van der Waals surface area contributed by atoms with Crippen LogP contribution in [0, 0.1) is 0 Å². The summed E-state index contributed by atoms with van der Waals surface area (Å²) < 4.78 is 5.35. The van der Waals surface area contributed by atoms with Crippen LogP contribution in [0.1, 0.15) is 5.56 Å². The van der Waals surface area contributed by atoms with Crippen LogP contribution in [0.15, 0.2) is 67.4 Å². The first-order chi connectivity index (χ1) is 11.8. The van der Waals surface area contributed by atoms with Crippen molar-refractivity contribution in [2.24, 2.45) is 0 Å². The molecule has 0 aromatic heterocycles. The van der Waals surface area contributed by atoms with E-state index in [1.54, 1.807) is 6.08 Å².